The molecule has 0 saturated heterocycles. The first-order valence-corrected chi connectivity index (χ1v) is 7.20. The molecule has 0 aliphatic rings. The van der Waals surface area contributed by atoms with Crippen molar-refractivity contribution in [1.29, 1.82) is 0 Å². The molecule has 1 unspecified atom stereocenters. The average Bonchev–Trinajstić information content (AvgIpc) is 2.36. The summed E-state index contributed by atoms with van der Waals surface area (Å²) in [5, 5.41) is 0. The van der Waals surface area contributed by atoms with E-state index in [2.05, 4.69) is 0 Å². The molecule has 0 amide bonds. The minimum absolute atomic E-state index is 0.0727. The summed E-state index contributed by atoms with van der Waals surface area (Å²) >= 11 is 0. The van der Waals surface area contributed by atoms with Crippen molar-refractivity contribution in [2.24, 2.45) is 0 Å². The van der Waals surface area contributed by atoms with Crippen LogP contribution in [0.4, 0.5) is 5.69 Å². The van der Waals surface area contributed by atoms with Gasteiger partial charge in [-0.25, -0.2) is 8.42 Å². The van der Waals surface area contributed by atoms with Crippen molar-refractivity contribution in [3.05, 3.63) is 18.2 Å². The maximum atomic E-state index is 12.4. The number of nitrogens with zero attached hydrogens (tertiary/aromatic N) is 1. The number of hydrogen-bond acceptors (Lipinski definition) is 4. The zero-order valence-electron chi connectivity index (χ0n) is 11.2. The maximum absolute atomic E-state index is 12.4. The molecule has 6 heteroatoms. The molecular weight excluding hydrogens is 252 g/mol. The minimum Gasteiger partial charge on any atom is -0.497 e. The number of nitrogen functional groups attached to an aromatic ring is 1. The van der Waals surface area contributed by atoms with Crippen LogP contribution < -0.4 is 10.5 Å². The van der Waals surface area contributed by atoms with E-state index in [9.17, 15) is 8.42 Å². The zero-order chi connectivity index (χ0) is 13.9. The Hall–Kier alpha value is -1.27. The van der Waals surface area contributed by atoms with Gasteiger partial charge in [-0.2, -0.15) is 4.31 Å². The van der Waals surface area contributed by atoms with Crippen LogP contribution in [-0.2, 0) is 10.0 Å². The third-order valence-corrected chi connectivity index (χ3v) is 5.13. The molecule has 0 aliphatic carbocycles. The molecule has 0 fully saturated rings. The molecule has 102 valence electrons. The summed E-state index contributed by atoms with van der Waals surface area (Å²) in [6.07, 6.45) is 0.742. The van der Waals surface area contributed by atoms with Gasteiger partial charge in [-0.1, -0.05) is 6.92 Å². The van der Waals surface area contributed by atoms with E-state index in [1.54, 1.807) is 13.1 Å². The zero-order valence-corrected chi connectivity index (χ0v) is 12.0. The highest BCUT2D eigenvalue weighted by Gasteiger charge is 2.26. The second kappa shape index (κ2) is 5.58. The highest BCUT2D eigenvalue weighted by Crippen LogP contribution is 2.27. The van der Waals surface area contributed by atoms with E-state index in [-0.39, 0.29) is 16.6 Å². The van der Waals surface area contributed by atoms with Crippen LogP contribution in [0.5, 0.6) is 5.75 Å². The number of methoxy groups -OCH3 is 1. The molecule has 0 aliphatic heterocycles. The van der Waals surface area contributed by atoms with Gasteiger partial charge in [-0.3, -0.25) is 0 Å². The molecule has 0 spiro atoms. The van der Waals surface area contributed by atoms with Crippen LogP contribution in [0.2, 0.25) is 0 Å². The quantitative estimate of drug-likeness (QED) is 0.828. The Bertz CT molecular complexity index is 514. The fourth-order valence-corrected chi connectivity index (χ4v) is 3.07. The van der Waals surface area contributed by atoms with Crippen molar-refractivity contribution in [3.8, 4) is 5.75 Å². The van der Waals surface area contributed by atoms with E-state index in [4.69, 9.17) is 10.5 Å². The van der Waals surface area contributed by atoms with E-state index in [1.807, 2.05) is 13.8 Å². The molecule has 0 aromatic heterocycles. The number of ether oxygens (including phenoxy) is 1. The first-order chi connectivity index (χ1) is 8.34. The van der Waals surface area contributed by atoms with Crippen LogP contribution in [0, 0.1) is 0 Å². The Morgan fingerprint density at radius 2 is 2.06 bits per heavy atom. The van der Waals surface area contributed by atoms with E-state index in [0.29, 0.717) is 5.75 Å². The first kappa shape index (κ1) is 14.8. The van der Waals surface area contributed by atoms with Gasteiger partial charge in [-0.05, 0) is 25.5 Å². The highest BCUT2D eigenvalue weighted by atomic mass is 32.2. The summed E-state index contributed by atoms with van der Waals surface area (Å²) in [6, 6.07) is 4.50. The van der Waals surface area contributed by atoms with Gasteiger partial charge in [0.25, 0.3) is 0 Å². The van der Waals surface area contributed by atoms with E-state index >= 15 is 0 Å². The molecule has 2 N–H and O–H groups in total. The molecule has 5 nitrogen and oxygen atoms in total. The number of anilines is 1. The van der Waals surface area contributed by atoms with Crippen molar-refractivity contribution in [1.82, 2.24) is 4.31 Å². The number of sulfonamides is 1. The fourth-order valence-electron chi connectivity index (χ4n) is 1.54. The summed E-state index contributed by atoms with van der Waals surface area (Å²) < 4.78 is 31.1. The molecule has 1 aromatic rings. The first-order valence-electron chi connectivity index (χ1n) is 5.76. The second-order valence-corrected chi connectivity index (χ2v) is 6.15. The lowest BCUT2D eigenvalue weighted by Crippen LogP contribution is -2.35. The van der Waals surface area contributed by atoms with Gasteiger partial charge in [-0.15, -0.1) is 0 Å². The van der Waals surface area contributed by atoms with Crippen molar-refractivity contribution in [2.75, 3.05) is 19.9 Å². The molecule has 0 saturated carbocycles. The minimum atomic E-state index is -3.55. The topological polar surface area (TPSA) is 72.6 Å². The lowest BCUT2D eigenvalue weighted by molar-refractivity contribution is 0.380. The van der Waals surface area contributed by atoms with Gasteiger partial charge in [0.1, 0.15) is 10.6 Å². The fraction of sp³-hybridized carbons (Fsp3) is 0.500. The number of hydrogen-bond donors (Lipinski definition) is 1. The van der Waals surface area contributed by atoms with Gasteiger partial charge in [0.2, 0.25) is 10.0 Å². The predicted octanol–water partition coefficient (Wildman–Crippen LogP) is 1.70. The predicted molar refractivity (Wildman–Crippen MR) is 72.1 cm³/mol. The van der Waals surface area contributed by atoms with Crippen LogP contribution in [0.1, 0.15) is 20.3 Å². The molecule has 1 aromatic carbocycles. The SMILES string of the molecule is CCC(C)N(C)S(=O)(=O)c1ccc(OC)cc1N. The van der Waals surface area contributed by atoms with Gasteiger partial charge in [0.05, 0.1) is 12.8 Å². The molecule has 0 bridgehead atoms. The van der Waals surface area contributed by atoms with Gasteiger partial charge in [0.15, 0.2) is 0 Å². The Balaban J connectivity index is 3.21. The molecule has 1 atom stereocenters. The standard InChI is InChI=1S/C12H20N2O3S/c1-5-9(2)14(3)18(15,16)12-7-6-10(17-4)8-11(12)13/h6-9H,5,13H2,1-4H3. The molecular formula is C12H20N2O3S. The monoisotopic (exact) mass is 272 g/mol. The average molecular weight is 272 g/mol. The Morgan fingerprint density at radius 3 is 2.50 bits per heavy atom. The molecule has 0 radical (unpaired) electrons. The lowest BCUT2D eigenvalue weighted by Gasteiger charge is -2.23. The van der Waals surface area contributed by atoms with Crippen molar-refractivity contribution in [2.45, 2.75) is 31.2 Å². The lowest BCUT2D eigenvalue weighted by atomic mass is 10.3. The Labute approximate surface area is 109 Å². The van der Waals surface area contributed by atoms with Gasteiger partial charge in [0, 0.05) is 19.2 Å². The molecule has 0 heterocycles. The summed E-state index contributed by atoms with van der Waals surface area (Å²) in [4.78, 5) is 0.117. The van der Waals surface area contributed by atoms with Gasteiger partial charge >= 0.3 is 0 Å². The highest BCUT2D eigenvalue weighted by molar-refractivity contribution is 7.89. The Morgan fingerprint density at radius 1 is 1.44 bits per heavy atom. The van der Waals surface area contributed by atoms with Crippen LogP contribution in [0.25, 0.3) is 0 Å². The summed E-state index contributed by atoms with van der Waals surface area (Å²) in [6.45, 7) is 3.80. The summed E-state index contributed by atoms with van der Waals surface area (Å²) in [5.41, 5.74) is 5.98. The van der Waals surface area contributed by atoms with Crippen LogP contribution in [-0.4, -0.2) is 32.9 Å². The molecule has 18 heavy (non-hydrogen) atoms. The van der Waals surface area contributed by atoms with Gasteiger partial charge < -0.3 is 10.5 Å². The normalized spacial score (nSPS) is 13.6. The summed E-state index contributed by atoms with van der Waals surface area (Å²) in [7, 11) is -0.482. The van der Waals surface area contributed by atoms with E-state index < -0.39 is 10.0 Å². The van der Waals surface area contributed by atoms with Crippen LogP contribution in [0.15, 0.2) is 23.1 Å². The summed E-state index contributed by atoms with van der Waals surface area (Å²) in [5.74, 6) is 0.539. The van der Waals surface area contributed by atoms with Crippen LogP contribution in [0.3, 0.4) is 0 Å². The third kappa shape index (κ3) is 2.76. The number of benzene rings is 1. The largest absolute Gasteiger partial charge is 0.497 e. The van der Waals surface area contributed by atoms with Crippen LogP contribution >= 0.6 is 0 Å². The Kier molecular flexibility index (Phi) is 4.59. The second-order valence-electron chi connectivity index (χ2n) is 4.18. The molecule has 1 rings (SSSR count). The third-order valence-electron chi connectivity index (χ3n) is 3.09. The smallest absolute Gasteiger partial charge is 0.245 e. The van der Waals surface area contributed by atoms with Crippen molar-refractivity contribution in [3.63, 3.8) is 0 Å². The van der Waals surface area contributed by atoms with E-state index in [0.717, 1.165) is 6.42 Å². The number of rotatable bonds is 5. The maximum Gasteiger partial charge on any atom is 0.245 e. The van der Waals surface area contributed by atoms with E-state index in [1.165, 1.54) is 23.5 Å². The van der Waals surface area contributed by atoms with Crippen molar-refractivity contribution >= 4 is 15.7 Å². The number of nitrogens with two attached hydrogens (primary N) is 1. The van der Waals surface area contributed by atoms with Crippen molar-refractivity contribution < 1.29 is 13.2 Å².